The van der Waals surface area contributed by atoms with Gasteiger partial charge in [-0.3, -0.25) is 0 Å². The molecule has 0 radical (unpaired) electrons. The quantitative estimate of drug-likeness (QED) is 0.577. The molecule has 0 fully saturated rings. The van der Waals surface area contributed by atoms with Crippen LogP contribution in [0.4, 0.5) is 0 Å². The second-order valence-electron chi connectivity index (χ2n) is 4.07. The van der Waals surface area contributed by atoms with Gasteiger partial charge in [-0.1, -0.05) is 6.92 Å². The van der Waals surface area contributed by atoms with Gasteiger partial charge in [-0.05, 0) is 24.6 Å². The molecule has 0 aliphatic rings. The number of benzene rings is 1. The van der Waals surface area contributed by atoms with Crippen molar-refractivity contribution < 1.29 is 31.7 Å². The van der Waals surface area contributed by atoms with Gasteiger partial charge in [0.25, 0.3) is 0 Å². The van der Waals surface area contributed by atoms with Gasteiger partial charge in [-0.25, -0.2) is 9.59 Å². The molecule has 0 amide bonds. The maximum absolute atomic E-state index is 11.6. The van der Waals surface area contributed by atoms with E-state index >= 15 is 0 Å². The third-order valence-electron chi connectivity index (χ3n) is 2.43. The number of carbonyl (C=O) groups is 2. The molecule has 8 heteroatoms. The fourth-order valence-corrected chi connectivity index (χ4v) is 2.53. The number of rotatable bonds is 6. The summed E-state index contributed by atoms with van der Waals surface area (Å²) in [5.74, 6) is -1.77. The predicted molar refractivity (Wildman–Crippen MR) is 73.8 cm³/mol. The molecule has 7 nitrogen and oxygen atoms in total. The molecule has 0 saturated carbocycles. The Labute approximate surface area is 122 Å². The number of hydrogen-bond donors (Lipinski definition) is 0. The van der Waals surface area contributed by atoms with Crippen molar-refractivity contribution in [2.75, 3.05) is 20.0 Å². The van der Waals surface area contributed by atoms with Gasteiger partial charge in [0.2, 0.25) is 0 Å². The van der Waals surface area contributed by atoms with Crippen LogP contribution in [0.1, 0.15) is 34.1 Å². The molecule has 21 heavy (non-hydrogen) atoms. The van der Waals surface area contributed by atoms with Crippen LogP contribution in [0.3, 0.4) is 0 Å². The molecule has 0 unspecified atom stereocenters. The van der Waals surface area contributed by atoms with Crippen molar-refractivity contribution in [1.29, 1.82) is 0 Å². The van der Waals surface area contributed by atoms with E-state index in [0.29, 0.717) is 6.42 Å². The maximum Gasteiger partial charge on any atom is 0.338 e. The smallest absolute Gasteiger partial charge is 0.338 e. The summed E-state index contributed by atoms with van der Waals surface area (Å²) in [4.78, 5) is 23.1. The fraction of sp³-hybridized carbons (Fsp3) is 0.385. The summed E-state index contributed by atoms with van der Waals surface area (Å²) in [6.07, 6.45) is 0.378. The lowest BCUT2D eigenvalue weighted by molar-refractivity contribution is 0.0598. The number of methoxy groups -OCH3 is 2. The van der Waals surface area contributed by atoms with E-state index in [-0.39, 0.29) is 22.6 Å². The molecular formula is C13H16O7S. The number of ether oxygens (including phenoxy) is 2. The molecule has 0 atom stereocenters. The van der Waals surface area contributed by atoms with Crippen LogP contribution in [-0.4, -0.2) is 40.3 Å². The van der Waals surface area contributed by atoms with Crippen molar-refractivity contribution in [2.24, 2.45) is 0 Å². The Hall–Kier alpha value is -2.09. The van der Waals surface area contributed by atoms with Crippen LogP contribution in [0.5, 0.6) is 5.75 Å². The molecule has 0 aromatic heterocycles. The maximum atomic E-state index is 11.6. The molecule has 0 aliphatic carbocycles. The third-order valence-corrected chi connectivity index (χ3v) is 3.78. The Balaban J connectivity index is 3.25. The van der Waals surface area contributed by atoms with Gasteiger partial charge in [-0.15, -0.1) is 0 Å². The summed E-state index contributed by atoms with van der Waals surface area (Å²) < 4.78 is 37.2. The number of hydrogen-bond acceptors (Lipinski definition) is 7. The molecule has 0 spiro atoms. The van der Waals surface area contributed by atoms with Gasteiger partial charge in [0.1, 0.15) is 5.75 Å². The Kier molecular flexibility index (Phi) is 5.71. The molecule has 0 saturated heterocycles. The second kappa shape index (κ2) is 7.07. The number of carbonyl (C=O) groups excluding carboxylic acids is 2. The van der Waals surface area contributed by atoms with Crippen molar-refractivity contribution in [3.8, 4) is 5.75 Å². The van der Waals surface area contributed by atoms with Gasteiger partial charge in [-0.2, -0.15) is 8.42 Å². The molecule has 1 rings (SSSR count). The Bertz CT molecular complexity index is 600. The molecule has 0 aliphatic heterocycles. The van der Waals surface area contributed by atoms with Crippen LogP contribution >= 0.6 is 0 Å². The van der Waals surface area contributed by atoms with E-state index in [1.807, 2.05) is 0 Å². The molecule has 116 valence electrons. The summed E-state index contributed by atoms with van der Waals surface area (Å²) in [6, 6.07) is 3.61. The van der Waals surface area contributed by atoms with Crippen molar-refractivity contribution in [1.82, 2.24) is 0 Å². The minimum Gasteiger partial charge on any atom is -0.465 e. The van der Waals surface area contributed by atoms with E-state index in [0.717, 1.165) is 0 Å². The van der Waals surface area contributed by atoms with Crippen molar-refractivity contribution in [2.45, 2.75) is 13.3 Å². The molecular weight excluding hydrogens is 300 g/mol. The number of esters is 2. The lowest BCUT2D eigenvalue weighted by atomic mass is 10.1. The minimum absolute atomic E-state index is 0.0119. The Morgan fingerprint density at radius 1 is 1.00 bits per heavy atom. The highest BCUT2D eigenvalue weighted by atomic mass is 32.2. The molecule has 1 aromatic rings. The van der Waals surface area contributed by atoms with Gasteiger partial charge in [0.15, 0.2) is 0 Å². The van der Waals surface area contributed by atoms with Gasteiger partial charge in [0, 0.05) is 0 Å². The highest BCUT2D eigenvalue weighted by Gasteiger charge is 2.18. The van der Waals surface area contributed by atoms with E-state index in [1.54, 1.807) is 6.92 Å². The van der Waals surface area contributed by atoms with Crippen LogP contribution in [0.15, 0.2) is 18.2 Å². The van der Waals surface area contributed by atoms with Crippen molar-refractivity contribution >= 4 is 22.1 Å². The first-order valence-corrected chi connectivity index (χ1v) is 7.64. The van der Waals surface area contributed by atoms with Crippen molar-refractivity contribution in [3.05, 3.63) is 29.3 Å². The Morgan fingerprint density at radius 3 is 1.86 bits per heavy atom. The minimum atomic E-state index is -3.79. The lowest BCUT2D eigenvalue weighted by Gasteiger charge is -2.09. The predicted octanol–water partition coefficient (Wildman–Crippen LogP) is 1.38. The Morgan fingerprint density at radius 2 is 1.48 bits per heavy atom. The second-order valence-corrected chi connectivity index (χ2v) is 5.76. The summed E-state index contributed by atoms with van der Waals surface area (Å²) in [6.45, 7) is 1.69. The third kappa shape index (κ3) is 4.75. The highest BCUT2D eigenvalue weighted by molar-refractivity contribution is 7.87. The summed E-state index contributed by atoms with van der Waals surface area (Å²) in [5.41, 5.74) is -0.0239. The van der Waals surface area contributed by atoms with Crippen LogP contribution in [-0.2, 0) is 19.6 Å². The molecule has 0 bridgehead atoms. The zero-order chi connectivity index (χ0) is 16.0. The highest BCUT2D eigenvalue weighted by Crippen LogP contribution is 2.21. The first kappa shape index (κ1) is 17.0. The van der Waals surface area contributed by atoms with Gasteiger partial charge in [0.05, 0.1) is 31.1 Å². The zero-order valence-corrected chi connectivity index (χ0v) is 12.7. The van der Waals surface area contributed by atoms with Crippen LogP contribution < -0.4 is 4.18 Å². The van der Waals surface area contributed by atoms with E-state index in [2.05, 4.69) is 9.47 Å². The fourth-order valence-electron chi connectivity index (χ4n) is 1.56. The van der Waals surface area contributed by atoms with E-state index < -0.39 is 22.1 Å². The SMILES string of the molecule is CCCS(=O)(=O)Oc1cc(C(=O)OC)cc(C(=O)OC)c1. The van der Waals surface area contributed by atoms with Crippen LogP contribution in [0.25, 0.3) is 0 Å². The zero-order valence-electron chi connectivity index (χ0n) is 11.9. The lowest BCUT2D eigenvalue weighted by Crippen LogP contribution is -2.14. The average Bonchev–Trinajstić information content (AvgIpc) is 2.44. The van der Waals surface area contributed by atoms with Crippen molar-refractivity contribution in [3.63, 3.8) is 0 Å². The monoisotopic (exact) mass is 316 g/mol. The topological polar surface area (TPSA) is 96.0 Å². The molecule has 0 N–H and O–H groups in total. The molecule has 1 aromatic carbocycles. The normalized spacial score (nSPS) is 10.8. The first-order valence-electron chi connectivity index (χ1n) is 6.06. The van der Waals surface area contributed by atoms with E-state index in [4.69, 9.17) is 4.18 Å². The van der Waals surface area contributed by atoms with Gasteiger partial charge >= 0.3 is 22.1 Å². The van der Waals surface area contributed by atoms with E-state index in [9.17, 15) is 18.0 Å². The summed E-state index contributed by atoms with van der Waals surface area (Å²) in [5, 5.41) is 0. The largest absolute Gasteiger partial charge is 0.465 e. The standard InChI is InChI=1S/C13H16O7S/c1-4-5-21(16,17)20-11-7-9(12(14)18-2)6-10(8-11)13(15)19-3/h6-8H,4-5H2,1-3H3. The summed E-state index contributed by atoms with van der Waals surface area (Å²) >= 11 is 0. The van der Waals surface area contributed by atoms with Gasteiger partial charge < -0.3 is 13.7 Å². The first-order chi connectivity index (χ1) is 9.82. The van der Waals surface area contributed by atoms with Crippen LogP contribution in [0, 0.1) is 0 Å². The van der Waals surface area contributed by atoms with E-state index in [1.165, 1.54) is 32.4 Å². The van der Waals surface area contributed by atoms with Crippen LogP contribution in [0.2, 0.25) is 0 Å². The average molecular weight is 316 g/mol. The summed E-state index contributed by atoms with van der Waals surface area (Å²) in [7, 11) is -1.45. The molecule has 0 heterocycles.